The molecule has 4 heteroatoms. The van der Waals surface area contributed by atoms with Crippen LogP contribution >= 0.6 is 22.7 Å². The molecular formula is C15H20N2S2. The van der Waals surface area contributed by atoms with E-state index in [0.29, 0.717) is 0 Å². The van der Waals surface area contributed by atoms with E-state index in [9.17, 15) is 0 Å². The topological polar surface area (TPSA) is 15.3 Å². The third-order valence-electron chi connectivity index (χ3n) is 3.29. The van der Waals surface area contributed by atoms with Gasteiger partial charge in [0.25, 0.3) is 0 Å². The Morgan fingerprint density at radius 2 is 1.95 bits per heavy atom. The van der Waals surface area contributed by atoms with E-state index < -0.39 is 0 Å². The van der Waals surface area contributed by atoms with Crippen molar-refractivity contribution in [2.75, 3.05) is 7.05 Å². The molecule has 2 nitrogen and oxygen atoms in total. The molecule has 0 aliphatic heterocycles. The minimum Gasteiger partial charge on any atom is -0.309 e. The number of thiophene rings is 2. The average Bonchev–Trinajstić information content (AvgIpc) is 2.88. The molecule has 2 aromatic rings. The van der Waals surface area contributed by atoms with Crippen molar-refractivity contribution in [1.29, 1.82) is 0 Å². The highest BCUT2D eigenvalue weighted by molar-refractivity contribution is 7.12. The quantitative estimate of drug-likeness (QED) is 0.837. The van der Waals surface area contributed by atoms with Gasteiger partial charge < -0.3 is 5.32 Å². The second-order valence-corrected chi connectivity index (χ2v) is 7.56. The first-order chi connectivity index (χ1) is 9.29. The summed E-state index contributed by atoms with van der Waals surface area (Å²) >= 11 is 3.78. The zero-order valence-corrected chi connectivity index (χ0v) is 12.9. The first-order valence-corrected chi connectivity index (χ1v) is 8.51. The molecule has 0 aromatic carbocycles. The van der Waals surface area contributed by atoms with Crippen LogP contribution in [-0.4, -0.2) is 18.0 Å². The Kier molecular flexibility index (Phi) is 4.33. The monoisotopic (exact) mass is 292 g/mol. The van der Waals surface area contributed by atoms with E-state index in [0.717, 1.165) is 25.7 Å². The second-order valence-electron chi connectivity index (χ2n) is 5.27. The zero-order valence-electron chi connectivity index (χ0n) is 11.3. The number of hydrogen-bond acceptors (Lipinski definition) is 4. The summed E-state index contributed by atoms with van der Waals surface area (Å²) in [5.41, 5.74) is 0. The normalized spacial score (nSPS) is 15.3. The van der Waals surface area contributed by atoms with Crippen molar-refractivity contribution >= 4 is 22.7 Å². The van der Waals surface area contributed by atoms with Gasteiger partial charge in [0.15, 0.2) is 0 Å². The first kappa shape index (κ1) is 13.3. The molecule has 19 heavy (non-hydrogen) atoms. The molecule has 2 heterocycles. The minimum absolute atomic E-state index is 0.798. The van der Waals surface area contributed by atoms with Crippen molar-refractivity contribution in [3.63, 3.8) is 0 Å². The van der Waals surface area contributed by atoms with Crippen LogP contribution in [0.3, 0.4) is 0 Å². The smallest absolute Gasteiger partial charge is 0.0328 e. The summed E-state index contributed by atoms with van der Waals surface area (Å²) in [7, 11) is 2.20. The summed E-state index contributed by atoms with van der Waals surface area (Å²) in [5, 5.41) is 5.72. The van der Waals surface area contributed by atoms with Gasteiger partial charge >= 0.3 is 0 Å². The number of nitrogens with zero attached hydrogens (tertiary/aromatic N) is 1. The van der Waals surface area contributed by atoms with Gasteiger partial charge in [0, 0.05) is 40.3 Å². The van der Waals surface area contributed by atoms with E-state index in [4.69, 9.17) is 0 Å². The maximum Gasteiger partial charge on any atom is 0.0328 e. The lowest BCUT2D eigenvalue weighted by Crippen LogP contribution is -2.15. The molecule has 1 saturated carbocycles. The summed E-state index contributed by atoms with van der Waals surface area (Å²) in [6.07, 6.45) is 2.73. The summed E-state index contributed by atoms with van der Waals surface area (Å²) in [6.45, 7) is 3.14. The fraction of sp³-hybridized carbons (Fsp3) is 0.467. The van der Waals surface area contributed by atoms with E-state index in [1.165, 1.54) is 27.5 Å². The fourth-order valence-electron chi connectivity index (χ4n) is 2.13. The standard InChI is InChI=1S/C15H20N2S2/c1-17(10-14-3-2-8-18-14)11-15-7-6-13(19-15)9-16-12-4-5-12/h2-3,6-8,12,16H,4-5,9-11H2,1H3. The van der Waals surface area contributed by atoms with Crippen LogP contribution in [0.2, 0.25) is 0 Å². The van der Waals surface area contributed by atoms with Crippen LogP contribution in [0.5, 0.6) is 0 Å². The maximum absolute atomic E-state index is 3.57. The van der Waals surface area contributed by atoms with Crippen molar-refractivity contribution in [3.8, 4) is 0 Å². The Morgan fingerprint density at radius 3 is 2.68 bits per heavy atom. The SMILES string of the molecule is CN(Cc1cccs1)Cc1ccc(CNC2CC2)s1. The molecule has 0 bridgehead atoms. The lowest BCUT2D eigenvalue weighted by atomic mass is 10.3. The predicted octanol–water partition coefficient (Wildman–Crippen LogP) is 3.69. The van der Waals surface area contributed by atoms with Crippen molar-refractivity contribution in [2.24, 2.45) is 0 Å². The van der Waals surface area contributed by atoms with Gasteiger partial charge in [-0.25, -0.2) is 0 Å². The Bertz CT molecular complexity index is 500. The van der Waals surface area contributed by atoms with Crippen LogP contribution < -0.4 is 5.32 Å². The van der Waals surface area contributed by atoms with E-state index in [1.54, 1.807) is 0 Å². The molecule has 102 valence electrons. The molecule has 1 N–H and O–H groups in total. The summed E-state index contributed by atoms with van der Waals surface area (Å²) in [4.78, 5) is 6.75. The lowest BCUT2D eigenvalue weighted by molar-refractivity contribution is 0.325. The molecule has 1 fully saturated rings. The molecule has 3 rings (SSSR count). The van der Waals surface area contributed by atoms with Crippen LogP contribution in [0.15, 0.2) is 29.6 Å². The fourth-order valence-corrected chi connectivity index (χ4v) is 3.96. The first-order valence-electron chi connectivity index (χ1n) is 6.81. The van der Waals surface area contributed by atoms with E-state index in [-0.39, 0.29) is 0 Å². The Hall–Kier alpha value is -0.680. The number of hydrogen-bond donors (Lipinski definition) is 1. The highest BCUT2D eigenvalue weighted by Gasteiger charge is 2.20. The highest BCUT2D eigenvalue weighted by Crippen LogP contribution is 2.22. The van der Waals surface area contributed by atoms with Gasteiger partial charge in [-0.3, -0.25) is 4.90 Å². The van der Waals surface area contributed by atoms with Gasteiger partial charge in [0.2, 0.25) is 0 Å². The third-order valence-corrected chi connectivity index (χ3v) is 5.22. The van der Waals surface area contributed by atoms with Crippen molar-refractivity contribution in [3.05, 3.63) is 44.3 Å². The molecule has 0 amide bonds. The van der Waals surface area contributed by atoms with E-state index in [2.05, 4.69) is 46.9 Å². The molecule has 1 aliphatic rings. The Labute approximate surface area is 123 Å². The molecule has 0 unspecified atom stereocenters. The molecule has 2 aromatic heterocycles. The summed E-state index contributed by atoms with van der Waals surface area (Å²) in [5.74, 6) is 0. The van der Waals surface area contributed by atoms with Crippen LogP contribution in [0, 0.1) is 0 Å². The summed E-state index contributed by atoms with van der Waals surface area (Å²) < 4.78 is 0. The Morgan fingerprint density at radius 1 is 1.16 bits per heavy atom. The largest absolute Gasteiger partial charge is 0.309 e. The molecule has 0 radical (unpaired) electrons. The molecule has 0 atom stereocenters. The number of rotatable bonds is 7. The van der Waals surface area contributed by atoms with Gasteiger partial charge in [-0.2, -0.15) is 0 Å². The van der Waals surface area contributed by atoms with Crippen molar-refractivity contribution in [2.45, 2.75) is 38.5 Å². The average molecular weight is 292 g/mol. The van der Waals surface area contributed by atoms with Crippen molar-refractivity contribution in [1.82, 2.24) is 10.2 Å². The van der Waals surface area contributed by atoms with Gasteiger partial charge in [0.1, 0.15) is 0 Å². The van der Waals surface area contributed by atoms with Crippen LogP contribution in [0.4, 0.5) is 0 Å². The van der Waals surface area contributed by atoms with Gasteiger partial charge in [-0.05, 0) is 43.5 Å². The van der Waals surface area contributed by atoms with Crippen molar-refractivity contribution < 1.29 is 0 Å². The minimum atomic E-state index is 0.798. The highest BCUT2D eigenvalue weighted by atomic mass is 32.1. The molecule has 0 spiro atoms. The molecular weight excluding hydrogens is 272 g/mol. The van der Waals surface area contributed by atoms with Gasteiger partial charge in [-0.15, -0.1) is 22.7 Å². The molecule has 1 aliphatic carbocycles. The Balaban J connectivity index is 1.48. The third kappa shape index (κ3) is 4.14. The van der Waals surface area contributed by atoms with Gasteiger partial charge in [-0.1, -0.05) is 6.07 Å². The predicted molar refractivity (Wildman–Crippen MR) is 83.7 cm³/mol. The van der Waals surface area contributed by atoms with Gasteiger partial charge in [0.05, 0.1) is 0 Å². The second kappa shape index (κ2) is 6.18. The van der Waals surface area contributed by atoms with E-state index >= 15 is 0 Å². The van der Waals surface area contributed by atoms with E-state index in [1.807, 2.05) is 22.7 Å². The summed E-state index contributed by atoms with van der Waals surface area (Å²) in [6, 6.07) is 9.68. The zero-order chi connectivity index (χ0) is 13.1. The number of nitrogens with one attached hydrogen (secondary N) is 1. The van der Waals surface area contributed by atoms with Crippen LogP contribution in [-0.2, 0) is 19.6 Å². The molecule has 0 saturated heterocycles. The maximum atomic E-state index is 3.57. The van der Waals surface area contributed by atoms with Crippen LogP contribution in [0.1, 0.15) is 27.5 Å². The van der Waals surface area contributed by atoms with Crippen LogP contribution in [0.25, 0.3) is 0 Å². The lowest BCUT2D eigenvalue weighted by Gasteiger charge is -2.14.